The summed E-state index contributed by atoms with van der Waals surface area (Å²) in [7, 11) is 0. The Hall–Kier alpha value is -1.09. The number of nitrogens with one attached hydrogen (secondary N) is 1. The molecular weight excluding hydrogens is 248 g/mol. The fourth-order valence-corrected chi connectivity index (χ4v) is 2.56. The van der Waals surface area contributed by atoms with Gasteiger partial charge in [0.15, 0.2) is 0 Å². The number of rotatable bonds is 9. The molecule has 0 radical (unpaired) electrons. The Kier molecular flexibility index (Phi) is 7.60. The summed E-state index contributed by atoms with van der Waals surface area (Å²) in [6, 6.07) is 2.51. The van der Waals surface area contributed by atoms with E-state index in [1.165, 1.54) is 18.4 Å². The van der Waals surface area contributed by atoms with Crippen molar-refractivity contribution in [3.8, 4) is 5.75 Å². The van der Waals surface area contributed by atoms with Crippen molar-refractivity contribution in [3.05, 3.63) is 24.0 Å². The molecule has 1 aromatic rings. The van der Waals surface area contributed by atoms with Crippen molar-refractivity contribution in [1.29, 1.82) is 0 Å². The molecule has 3 nitrogen and oxygen atoms in total. The van der Waals surface area contributed by atoms with Crippen molar-refractivity contribution in [1.82, 2.24) is 10.3 Å². The molecule has 0 amide bonds. The zero-order valence-electron chi connectivity index (χ0n) is 13.6. The quantitative estimate of drug-likeness (QED) is 0.729. The van der Waals surface area contributed by atoms with Gasteiger partial charge in [-0.15, -0.1) is 0 Å². The molecule has 0 aliphatic rings. The molecule has 0 spiro atoms. The maximum absolute atomic E-state index is 5.77. The first-order valence-electron chi connectivity index (χ1n) is 7.97. The number of ether oxygens (including phenoxy) is 1. The van der Waals surface area contributed by atoms with Gasteiger partial charge in [-0.05, 0) is 44.4 Å². The van der Waals surface area contributed by atoms with Crippen LogP contribution in [0.25, 0.3) is 0 Å². The maximum atomic E-state index is 5.77. The highest BCUT2D eigenvalue weighted by Crippen LogP contribution is 2.29. The summed E-state index contributed by atoms with van der Waals surface area (Å²) >= 11 is 0. The fourth-order valence-electron chi connectivity index (χ4n) is 2.56. The molecule has 1 N–H and O–H groups in total. The molecule has 0 bridgehead atoms. The van der Waals surface area contributed by atoms with Crippen LogP contribution in [0.1, 0.15) is 65.5 Å². The highest BCUT2D eigenvalue weighted by molar-refractivity contribution is 5.26. The molecule has 0 aliphatic carbocycles. The number of hydrogen-bond donors (Lipinski definition) is 1. The predicted octanol–water partition coefficient (Wildman–Crippen LogP) is 4.35. The van der Waals surface area contributed by atoms with E-state index in [4.69, 9.17) is 4.74 Å². The summed E-state index contributed by atoms with van der Waals surface area (Å²) in [6.45, 7) is 11.8. The number of hydrogen-bond acceptors (Lipinski definition) is 3. The lowest BCUT2D eigenvalue weighted by Crippen LogP contribution is -2.28. The molecular formula is C17H30N2O. The third kappa shape index (κ3) is 5.12. The number of aromatic nitrogens is 1. The van der Waals surface area contributed by atoms with E-state index in [-0.39, 0.29) is 6.10 Å². The minimum atomic E-state index is 0.183. The lowest BCUT2D eigenvalue weighted by atomic mass is 9.89. The number of nitrogens with zero attached hydrogens (tertiary/aromatic N) is 1. The van der Waals surface area contributed by atoms with Crippen LogP contribution in [0.2, 0.25) is 0 Å². The zero-order chi connectivity index (χ0) is 15.0. The molecule has 0 fully saturated rings. The fraction of sp³-hybridized carbons (Fsp3) is 0.706. The van der Waals surface area contributed by atoms with E-state index in [0.29, 0.717) is 12.0 Å². The van der Waals surface area contributed by atoms with Crippen molar-refractivity contribution in [3.63, 3.8) is 0 Å². The molecule has 0 aliphatic heterocycles. The van der Waals surface area contributed by atoms with Crippen LogP contribution in [0.15, 0.2) is 18.5 Å². The smallest absolute Gasteiger partial charge is 0.138 e. The summed E-state index contributed by atoms with van der Waals surface area (Å²) in [4.78, 5) is 4.35. The topological polar surface area (TPSA) is 34.2 Å². The molecule has 0 saturated carbocycles. The SMILES string of the molecule is CCCNC(c1cncc(OC(C)C)c1)C(CC)CC. The molecule has 1 heterocycles. The Labute approximate surface area is 124 Å². The van der Waals surface area contributed by atoms with Crippen LogP contribution >= 0.6 is 0 Å². The lowest BCUT2D eigenvalue weighted by Gasteiger charge is -2.27. The summed E-state index contributed by atoms with van der Waals surface area (Å²) in [6.07, 6.45) is 7.45. The van der Waals surface area contributed by atoms with Crippen molar-refractivity contribution >= 4 is 0 Å². The monoisotopic (exact) mass is 278 g/mol. The second kappa shape index (κ2) is 8.96. The molecule has 1 rings (SSSR count). The summed E-state index contributed by atoms with van der Waals surface area (Å²) < 4.78 is 5.77. The molecule has 20 heavy (non-hydrogen) atoms. The van der Waals surface area contributed by atoms with Gasteiger partial charge in [0.25, 0.3) is 0 Å². The standard InChI is InChI=1S/C17H30N2O/c1-6-9-19-17(14(7-2)8-3)15-10-16(12-18-11-15)20-13(4)5/h10-14,17,19H,6-9H2,1-5H3. The van der Waals surface area contributed by atoms with Crippen molar-refractivity contribution < 1.29 is 4.74 Å². The normalized spacial score (nSPS) is 12.9. The van der Waals surface area contributed by atoms with Crippen LogP contribution in [0.3, 0.4) is 0 Å². The largest absolute Gasteiger partial charge is 0.489 e. The van der Waals surface area contributed by atoms with Crippen LogP contribution in [0.5, 0.6) is 5.75 Å². The van der Waals surface area contributed by atoms with Gasteiger partial charge in [-0.1, -0.05) is 33.6 Å². The lowest BCUT2D eigenvalue weighted by molar-refractivity contribution is 0.240. The summed E-state index contributed by atoms with van der Waals surface area (Å²) in [5, 5.41) is 3.67. The molecule has 1 aromatic heterocycles. The summed E-state index contributed by atoms with van der Waals surface area (Å²) in [5.41, 5.74) is 1.24. The van der Waals surface area contributed by atoms with Gasteiger partial charge in [-0.25, -0.2) is 0 Å². The van der Waals surface area contributed by atoms with Crippen molar-refractivity contribution in [2.75, 3.05) is 6.54 Å². The Morgan fingerprint density at radius 2 is 1.85 bits per heavy atom. The van der Waals surface area contributed by atoms with Gasteiger partial charge in [-0.2, -0.15) is 0 Å². The van der Waals surface area contributed by atoms with Gasteiger partial charge in [0.2, 0.25) is 0 Å². The molecule has 3 heteroatoms. The molecule has 1 unspecified atom stereocenters. The highest BCUT2D eigenvalue weighted by Gasteiger charge is 2.20. The van der Waals surface area contributed by atoms with Crippen LogP contribution in [0.4, 0.5) is 0 Å². The third-order valence-electron chi connectivity index (χ3n) is 3.60. The van der Waals surface area contributed by atoms with Crippen LogP contribution in [-0.2, 0) is 0 Å². The van der Waals surface area contributed by atoms with Gasteiger partial charge in [0.05, 0.1) is 12.3 Å². The van der Waals surface area contributed by atoms with Gasteiger partial charge in [0, 0.05) is 12.2 Å². The van der Waals surface area contributed by atoms with E-state index >= 15 is 0 Å². The second-order valence-corrected chi connectivity index (χ2v) is 5.63. The Morgan fingerprint density at radius 3 is 2.40 bits per heavy atom. The van der Waals surface area contributed by atoms with E-state index in [1.54, 1.807) is 6.20 Å². The second-order valence-electron chi connectivity index (χ2n) is 5.63. The van der Waals surface area contributed by atoms with E-state index in [9.17, 15) is 0 Å². The van der Waals surface area contributed by atoms with Crippen molar-refractivity contribution in [2.24, 2.45) is 5.92 Å². The first-order valence-corrected chi connectivity index (χ1v) is 7.97. The van der Waals surface area contributed by atoms with Crippen LogP contribution in [-0.4, -0.2) is 17.6 Å². The molecule has 114 valence electrons. The van der Waals surface area contributed by atoms with E-state index in [2.05, 4.69) is 37.1 Å². The van der Waals surface area contributed by atoms with Crippen LogP contribution in [0, 0.1) is 5.92 Å². The van der Waals surface area contributed by atoms with E-state index in [0.717, 1.165) is 18.7 Å². The zero-order valence-corrected chi connectivity index (χ0v) is 13.6. The van der Waals surface area contributed by atoms with Crippen molar-refractivity contribution in [2.45, 2.75) is 66.0 Å². The molecule has 0 saturated heterocycles. The minimum absolute atomic E-state index is 0.183. The minimum Gasteiger partial charge on any atom is -0.489 e. The molecule has 1 atom stereocenters. The van der Waals surface area contributed by atoms with Gasteiger partial charge < -0.3 is 10.1 Å². The Morgan fingerprint density at radius 1 is 1.15 bits per heavy atom. The van der Waals surface area contributed by atoms with E-state index in [1.807, 2.05) is 20.0 Å². The third-order valence-corrected chi connectivity index (χ3v) is 3.60. The van der Waals surface area contributed by atoms with Gasteiger partial charge >= 0.3 is 0 Å². The highest BCUT2D eigenvalue weighted by atomic mass is 16.5. The first kappa shape index (κ1) is 17.0. The molecule has 0 aromatic carbocycles. The van der Waals surface area contributed by atoms with E-state index < -0.39 is 0 Å². The first-order chi connectivity index (χ1) is 9.62. The van der Waals surface area contributed by atoms with Gasteiger partial charge in [-0.3, -0.25) is 4.98 Å². The number of pyridine rings is 1. The Balaban J connectivity index is 2.93. The average Bonchev–Trinajstić information content (AvgIpc) is 2.43. The average molecular weight is 278 g/mol. The Bertz CT molecular complexity index is 375. The van der Waals surface area contributed by atoms with Gasteiger partial charge in [0.1, 0.15) is 5.75 Å². The maximum Gasteiger partial charge on any atom is 0.138 e. The summed E-state index contributed by atoms with van der Waals surface area (Å²) in [5.74, 6) is 1.50. The predicted molar refractivity (Wildman–Crippen MR) is 85.1 cm³/mol. The van der Waals surface area contributed by atoms with Crippen LogP contribution < -0.4 is 10.1 Å².